The lowest BCUT2D eigenvalue weighted by molar-refractivity contribution is 0.0694. The maximum atomic E-state index is 12.9. The van der Waals surface area contributed by atoms with Gasteiger partial charge in [0.05, 0.1) is 16.1 Å². The highest BCUT2D eigenvalue weighted by Gasteiger charge is 2.24. The maximum absolute atomic E-state index is 12.9. The van der Waals surface area contributed by atoms with Gasteiger partial charge >= 0.3 is 0 Å². The van der Waals surface area contributed by atoms with Gasteiger partial charge in [-0.25, -0.2) is 4.99 Å². The average molecular weight is 395 g/mol. The van der Waals surface area contributed by atoms with E-state index in [0.29, 0.717) is 28.7 Å². The van der Waals surface area contributed by atoms with Gasteiger partial charge in [0, 0.05) is 24.7 Å². The molecule has 0 aliphatic carbocycles. The van der Waals surface area contributed by atoms with Crippen molar-refractivity contribution >= 4 is 44.7 Å². The number of aromatic nitrogens is 2. The van der Waals surface area contributed by atoms with Crippen LogP contribution in [0.5, 0.6) is 0 Å². The van der Waals surface area contributed by atoms with Crippen LogP contribution in [-0.2, 0) is 0 Å². The van der Waals surface area contributed by atoms with Gasteiger partial charge in [0.1, 0.15) is 11.4 Å². The zero-order valence-corrected chi connectivity index (χ0v) is 16.4. The Balaban J connectivity index is 1.60. The summed E-state index contributed by atoms with van der Waals surface area (Å²) in [6, 6.07) is 9.08. The van der Waals surface area contributed by atoms with Crippen molar-refractivity contribution in [1.29, 1.82) is 0 Å². The molecule has 1 aliphatic heterocycles. The fourth-order valence-electron chi connectivity index (χ4n) is 3.34. The minimum atomic E-state index is 0.00942. The van der Waals surface area contributed by atoms with Gasteiger partial charge < -0.3 is 16.4 Å². The van der Waals surface area contributed by atoms with Crippen LogP contribution in [0, 0.1) is 5.92 Å². The zero-order valence-electron chi connectivity index (χ0n) is 15.6. The standard InChI is InChI=1S/C20H22N6OS/c1-12-6-9-26(10-7-12)20(27)17-14-5-4-13(11-16(14)28-25-17)24-19(22)18-15(21)3-2-8-23-18/h2-5,8,11-12H,6-7,9-10,21H2,1H3,(H2,22,24). The van der Waals surface area contributed by atoms with Gasteiger partial charge in [0.2, 0.25) is 0 Å². The first-order valence-corrected chi connectivity index (χ1v) is 10.0. The summed E-state index contributed by atoms with van der Waals surface area (Å²) in [5.41, 5.74) is 14.1. The molecule has 1 fully saturated rings. The van der Waals surface area contributed by atoms with Gasteiger partial charge in [0.15, 0.2) is 5.84 Å². The lowest BCUT2D eigenvalue weighted by Crippen LogP contribution is -2.38. The van der Waals surface area contributed by atoms with E-state index in [9.17, 15) is 4.79 Å². The molecule has 1 amide bonds. The molecule has 1 aromatic carbocycles. The number of hydrogen-bond acceptors (Lipinski definition) is 6. The summed E-state index contributed by atoms with van der Waals surface area (Å²) in [6.45, 7) is 3.82. The molecule has 3 aromatic rings. The molecule has 2 aromatic heterocycles. The number of aliphatic imine (C=N–C) groups is 1. The molecule has 0 atom stereocenters. The monoisotopic (exact) mass is 394 g/mol. The van der Waals surface area contributed by atoms with E-state index in [2.05, 4.69) is 21.3 Å². The van der Waals surface area contributed by atoms with Gasteiger partial charge in [-0.2, -0.15) is 4.37 Å². The van der Waals surface area contributed by atoms with Gasteiger partial charge in [-0.1, -0.05) is 6.92 Å². The molecular weight excluding hydrogens is 372 g/mol. The van der Waals surface area contributed by atoms with Crippen molar-refractivity contribution in [3.8, 4) is 0 Å². The number of anilines is 1. The van der Waals surface area contributed by atoms with Crippen molar-refractivity contribution in [1.82, 2.24) is 14.3 Å². The third-order valence-electron chi connectivity index (χ3n) is 5.06. The lowest BCUT2D eigenvalue weighted by Gasteiger charge is -2.29. The summed E-state index contributed by atoms with van der Waals surface area (Å²) in [5, 5.41) is 0.850. The molecule has 0 bridgehead atoms. The second-order valence-electron chi connectivity index (χ2n) is 7.12. The van der Waals surface area contributed by atoms with Crippen molar-refractivity contribution < 1.29 is 4.79 Å². The van der Waals surface area contributed by atoms with E-state index in [1.807, 2.05) is 23.1 Å². The number of nitrogens with two attached hydrogens (primary N) is 2. The van der Waals surface area contributed by atoms with E-state index in [4.69, 9.17) is 11.5 Å². The van der Waals surface area contributed by atoms with Crippen LogP contribution in [0.15, 0.2) is 41.5 Å². The van der Waals surface area contributed by atoms with Gasteiger partial charge in [-0.3, -0.25) is 9.78 Å². The third-order valence-corrected chi connectivity index (χ3v) is 5.87. The van der Waals surface area contributed by atoms with Gasteiger partial charge in [-0.15, -0.1) is 0 Å². The molecule has 4 N–H and O–H groups in total. The Hall–Kier alpha value is -3.00. The highest BCUT2D eigenvalue weighted by molar-refractivity contribution is 7.13. The van der Waals surface area contributed by atoms with Gasteiger partial charge in [0.25, 0.3) is 5.91 Å². The molecule has 0 spiro atoms. The number of amides is 1. The number of amidine groups is 1. The van der Waals surface area contributed by atoms with E-state index in [1.165, 1.54) is 11.5 Å². The van der Waals surface area contributed by atoms with E-state index >= 15 is 0 Å². The van der Waals surface area contributed by atoms with Crippen LogP contribution in [0.2, 0.25) is 0 Å². The number of piperidine rings is 1. The molecule has 3 heterocycles. The summed E-state index contributed by atoms with van der Waals surface area (Å²) in [4.78, 5) is 23.4. The molecule has 0 radical (unpaired) electrons. The second kappa shape index (κ2) is 7.55. The quantitative estimate of drug-likeness (QED) is 0.523. The second-order valence-corrected chi connectivity index (χ2v) is 7.93. The number of benzene rings is 1. The molecule has 0 unspecified atom stereocenters. The smallest absolute Gasteiger partial charge is 0.274 e. The fraction of sp³-hybridized carbons (Fsp3) is 0.300. The van der Waals surface area contributed by atoms with Crippen molar-refractivity contribution in [3.63, 3.8) is 0 Å². The molecular formula is C20H22N6OS. The number of likely N-dealkylation sites (tertiary alicyclic amines) is 1. The summed E-state index contributed by atoms with van der Waals surface area (Å²) in [5.74, 6) is 0.936. The van der Waals surface area contributed by atoms with Crippen LogP contribution >= 0.6 is 11.5 Å². The number of pyridine rings is 1. The summed E-state index contributed by atoms with van der Waals surface area (Å²) < 4.78 is 5.32. The summed E-state index contributed by atoms with van der Waals surface area (Å²) in [6.07, 6.45) is 3.71. The molecule has 28 heavy (non-hydrogen) atoms. The molecule has 144 valence electrons. The minimum absolute atomic E-state index is 0.00942. The van der Waals surface area contributed by atoms with Crippen LogP contribution in [0.25, 0.3) is 10.1 Å². The van der Waals surface area contributed by atoms with Crippen molar-refractivity contribution in [2.24, 2.45) is 16.6 Å². The SMILES string of the molecule is CC1CCN(C(=O)c2nsc3cc(N=C(N)c4ncccc4N)ccc23)CC1. The normalized spacial score (nSPS) is 15.9. The Morgan fingerprint density at radius 2 is 2.04 bits per heavy atom. The van der Waals surface area contributed by atoms with Gasteiger partial charge in [-0.05, 0) is 60.6 Å². The Labute approximate surface area is 167 Å². The Bertz CT molecular complexity index is 1050. The summed E-state index contributed by atoms with van der Waals surface area (Å²) >= 11 is 1.30. The molecule has 8 heteroatoms. The predicted molar refractivity (Wildman–Crippen MR) is 113 cm³/mol. The Morgan fingerprint density at radius 1 is 1.25 bits per heavy atom. The molecule has 1 aliphatic rings. The third kappa shape index (κ3) is 3.55. The Kier molecular flexibility index (Phi) is 4.95. The van der Waals surface area contributed by atoms with Crippen LogP contribution in [-0.4, -0.2) is 39.1 Å². The number of nitrogens with zero attached hydrogens (tertiary/aromatic N) is 4. The first-order valence-electron chi connectivity index (χ1n) is 9.26. The molecule has 1 saturated heterocycles. The Morgan fingerprint density at radius 3 is 2.79 bits per heavy atom. The predicted octanol–water partition coefficient (Wildman–Crippen LogP) is 3.18. The zero-order chi connectivity index (χ0) is 19.7. The number of fused-ring (bicyclic) bond motifs is 1. The topological polar surface area (TPSA) is 110 Å². The number of carbonyl (C=O) groups is 1. The van der Waals surface area contributed by atoms with Crippen molar-refractivity contribution in [2.45, 2.75) is 19.8 Å². The molecule has 0 saturated carbocycles. The van der Waals surface area contributed by atoms with Crippen molar-refractivity contribution in [2.75, 3.05) is 18.8 Å². The average Bonchev–Trinajstić information content (AvgIpc) is 3.11. The maximum Gasteiger partial charge on any atom is 0.274 e. The van der Waals surface area contributed by atoms with Crippen LogP contribution in [0.4, 0.5) is 11.4 Å². The largest absolute Gasteiger partial charge is 0.397 e. The minimum Gasteiger partial charge on any atom is -0.397 e. The van der Waals surface area contributed by atoms with E-state index in [-0.39, 0.29) is 11.7 Å². The van der Waals surface area contributed by atoms with Crippen molar-refractivity contribution in [3.05, 3.63) is 47.9 Å². The fourth-order valence-corrected chi connectivity index (χ4v) is 4.14. The van der Waals surface area contributed by atoms with Crippen LogP contribution < -0.4 is 11.5 Å². The number of carbonyl (C=O) groups excluding carboxylic acids is 1. The number of hydrogen-bond donors (Lipinski definition) is 2. The first-order chi connectivity index (χ1) is 13.5. The van der Waals surface area contributed by atoms with E-state index in [1.54, 1.807) is 18.3 Å². The number of rotatable bonds is 3. The highest BCUT2D eigenvalue weighted by atomic mass is 32.1. The molecule has 7 nitrogen and oxygen atoms in total. The van der Waals surface area contributed by atoms with E-state index < -0.39 is 0 Å². The number of nitrogen functional groups attached to an aromatic ring is 1. The molecule has 4 rings (SSSR count). The lowest BCUT2D eigenvalue weighted by atomic mass is 9.99. The van der Waals surface area contributed by atoms with Crippen LogP contribution in [0.1, 0.15) is 35.9 Å². The first kappa shape index (κ1) is 18.4. The summed E-state index contributed by atoms with van der Waals surface area (Å²) in [7, 11) is 0. The van der Waals surface area contributed by atoms with E-state index in [0.717, 1.165) is 36.0 Å². The highest BCUT2D eigenvalue weighted by Crippen LogP contribution is 2.29. The van der Waals surface area contributed by atoms with Crippen LogP contribution in [0.3, 0.4) is 0 Å².